The average Bonchev–Trinajstić information content (AvgIpc) is 2.86. The number of aldehydes is 1. The Hall–Kier alpha value is -2.10. The van der Waals surface area contributed by atoms with Crippen molar-refractivity contribution >= 4 is 6.29 Å². The molecule has 0 unspecified atom stereocenters. The van der Waals surface area contributed by atoms with E-state index >= 15 is 0 Å². The fraction of sp³-hybridized carbons (Fsp3) is 0.231. The number of hydrogen-bond acceptors (Lipinski definition) is 3. The molecule has 0 aliphatic heterocycles. The van der Waals surface area contributed by atoms with Crippen molar-refractivity contribution < 1.29 is 9.53 Å². The van der Waals surface area contributed by atoms with Crippen molar-refractivity contribution in [3.05, 3.63) is 36.2 Å². The minimum atomic E-state index is 0.630. The second-order valence-corrected chi connectivity index (χ2v) is 3.66. The summed E-state index contributed by atoms with van der Waals surface area (Å²) < 4.78 is 7.12. The molecule has 2 aromatic rings. The number of ether oxygens (including phenoxy) is 1. The molecule has 0 atom stereocenters. The van der Waals surface area contributed by atoms with Gasteiger partial charge in [0.25, 0.3) is 0 Å². The Morgan fingerprint density at radius 2 is 2.29 bits per heavy atom. The van der Waals surface area contributed by atoms with Gasteiger partial charge in [-0.15, -0.1) is 0 Å². The Labute approximate surface area is 99.8 Å². The standard InChI is InChI=1S/C13H14N2O2/c1-3-15-8-11(7-14-15)12-6-10(9-16)4-5-13(12)17-2/h4-9H,3H2,1-2H3. The first-order chi connectivity index (χ1) is 8.28. The number of carbonyl (C=O) groups is 1. The maximum atomic E-state index is 10.8. The molecule has 2 rings (SSSR count). The minimum absolute atomic E-state index is 0.630. The first kappa shape index (κ1) is 11.4. The number of nitrogens with zero attached hydrogens (tertiary/aromatic N) is 2. The molecule has 4 heteroatoms. The number of rotatable bonds is 4. The summed E-state index contributed by atoms with van der Waals surface area (Å²) in [6, 6.07) is 5.34. The Morgan fingerprint density at radius 1 is 1.47 bits per heavy atom. The molecule has 0 bridgehead atoms. The van der Waals surface area contributed by atoms with Gasteiger partial charge < -0.3 is 4.74 Å². The quantitative estimate of drug-likeness (QED) is 0.757. The monoisotopic (exact) mass is 230 g/mol. The molecule has 0 radical (unpaired) electrons. The van der Waals surface area contributed by atoms with Crippen molar-refractivity contribution in [1.29, 1.82) is 0 Å². The lowest BCUT2D eigenvalue weighted by molar-refractivity contribution is 0.112. The molecule has 0 aliphatic carbocycles. The van der Waals surface area contributed by atoms with Crippen LogP contribution >= 0.6 is 0 Å². The summed E-state index contributed by atoms with van der Waals surface area (Å²) in [5, 5.41) is 4.21. The second kappa shape index (κ2) is 4.82. The van der Waals surface area contributed by atoms with Crippen molar-refractivity contribution in [3.8, 4) is 16.9 Å². The van der Waals surface area contributed by atoms with Crippen LogP contribution in [0, 0.1) is 0 Å². The molecule has 0 saturated carbocycles. The Bertz CT molecular complexity index is 532. The zero-order valence-corrected chi connectivity index (χ0v) is 9.88. The molecule has 88 valence electrons. The summed E-state index contributed by atoms with van der Waals surface area (Å²) in [6.07, 6.45) is 4.54. The van der Waals surface area contributed by atoms with E-state index in [1.54, 1.807) is 25.4 Å². The van der Waals surface area contributed by atoms with E-state index in [4.69, 9.17) is 4.74 Å². The molecule has 4 nitrogen and oxygen atoms in total. The third kappa shape index (κ3) is 2.20. The summed E-state index contributed by atoms with van der Waals surface area (Å²) >= 11 is 0. The number of aryl methyl sites for hydroxylation is 1. The Kier molecular flexibility index (Phi) is 3.23. The Balaban J connectivity index is 2.51. The molecule has 0 saturated heterocycles. The van der Waals surface area contributed by atoms with E-state index in [1.807, 2.05) is 23.9 Å². The normalized spacial score (nSPS) is 10.2. The second-order valence-electron chi connectivity index (χ2n) is 3.66. The molecule has 0 spiro atoms. The molecular weight excluding hydrogens is 216 g/mol. The highest BCUT2D eigenvalue weighted by molar-refractivity contribution is 5.81. The summed E-state index contributed by atoms with van der Waals surface area (Å²) in [6.45, 7) is 2.84. The van der Waals surface area contributed by atoms with Crippen LogP contribution < -0.4 is 4.74 Å². The Morgan fingerprint density at radius 3 is 2.88 bits per heavy atom. The van der Waals surface area contributed by atoms with Crippen molar-refractivity contribution in [3.63, 3.8) is 0 Å². The van der Waals surface area contributed by atoms with Crippen LogP contribution in [0.2, 0.25) is 0 Å². The first-order valence-electron chi connectivity index (χ1n) is 5.44. The lowest BCUT2D eigenvalue weighted by Gasteiger charge is -2.06. The molecule has 0 aliphatic rings. The molecule has 1 aromatic heterocycles. The molecule has 0 N–H and O–H groups in total. The van der Waals surface area contributed by atoms with Gasteiger partial charge in [0.1, 0.15) is 12.0 Å². The van der Waals surface area contributed by atoms with Crippen molar-refractivity contribution in [2.45, 2.75) is 13.5 Å². The van der Waals surface area contributed by atoms with Gasteiger partial charge in [0.2, 0.25) is 0 Å². The fourth-order valence-corrected chi connectivity index (χ4v) is 1.70. The van der Waals surface area contributed by atoms with Crippen molar-refractivity contribution in [2.75, 3.05) is 7.11 Å². The third-order valence-corrected chi connectivity index (χ3v) is 2.63. The summed E-state index contributed by atoms with van der Waals surface area (Å²) in [7, 11) is 1.61. The highest BCUT2D eigenvalue weighted by Gasteiger charge is 2.08. The van der Waals surface area contributed by atoms with Crippen LogP contribution in [0.5, 0.6) is 5.75 Å². The van der Waals surface area contributed by atoms with E-state index in [-0.39, 0.29) is 0 Å². The van der Waals surface area contributed by atoms with E-state index in [1.165, 1.54) is 0 Å². The van der Waals surface area contributed by atoms with Crippen LogP contribution in [0.15, 0.2) is 30.6 Å². The zero-order chi connectivity index (χ0) is 12.3. The van der Waals surface area contributed by atoms with Gasteiger partial charge >= 0.3 is 0 Å². The van der Waals surface area contributed by atoms with Gasteiger partial charge in [-0.2, -0.15) is 5.10 Å². The molecule has 0 fully saturated rings. The predicted molar refractivity (Wildman–Crippen MR) is 65.3 cm³/mol. The number of carbonyl (C=O) groups excluding carboxylic acids is 1. The van der Waals surface area contributed by atoms with E-state index in [0.29, 0.717) is 5.56 Å². The van der Waals surface area contributed by atoms with Gasteiger partial charge in [0, 0.05) is 29.4 Å². The third-order valence-electron chi connectivity index (χ3n) is 2.63. The first-order valence-corrected chi connectivity index (χ1v) is 5.44. The van der Waals surface area contributed by atoms with Gasteiger partial charge in [-0.05, 0) is 25.1 Å². The summed E-state index contributed by atoms with van der Waals surface area (Å²) in [4.78, 5) is 10.8. The molecule has 1 heterocycles. The van der Waals surface area contributed by atoms with Crippen molar-refractivity contribution in [1.82, 2.24) is 9.78 Å². The maximum absolute atomic E-state index is 10.8. The maximum Gasteiger partial charge on any atom is 0.150 e. The molecule has 0 amide bonds. The topological polar surface area (TPSA) is 44.1 Å². The van der Waals surface area contributed by atoms with Crippen LogP contribution in [0.1, 0.15) is 17.3 Å². The lowest BCUT2D eigenvalue weighted by Crippen LogP contribution is -1.92. The summed E-state index contributed by atoms with van der Waals surface area (Å²) in [5.74, 6) is 0.742. The number of methoxy groups -OCH3 is 1. The van der Waals surface area contributed by atoms with Gasteiger partial charge in [-0.3, -0.25) is 9.48 Å². The molecular formula is C13H14N2O2. The largest absolute Gasteiger partial charge is 0.496 e. The van der Waals surface area contributed by atoms with E-state index in [2.05, 4.69) is 5.10 Å². The van der Waals surface area contributed by atoms with Crippen LogP contribution in [0.3, 0.4) is 0 Å². The lowest BCUT2D eigenvalue weighted by atomic mass is 10.1. The number of benzene rings is 1. The SMILES string of the molecule is CCn1cc(-c2cc(C=O)ccc2OC)cn1. The number of hydrogen-bond donors (Lipinski definition) is 0. The fourth-order valence-electron chi connectivity index (χ4n) is 1.70. The van der Waals surface area contributed by atoms with Crippen LogP contribution in [-0.4, -0.2) is 23.2 Å². The van der Waals surface area contributed by atoms with Gasteiger partial charge in [-0.25, -0.2) is 0 Å². The zero-order valence-electron chi connectivity index (χ0n) is 9.88. The molecule has 17 heavy (non-hydrogen) atoms. The van der Waals surface area contributed by atoms with Gasteiger partial charge in [0.15, 0.2) is 0 Å². The highest BCUT2D eigenvalue weighted by Crippen LogP contribution is 2.30. The number of aromatic nitrogens is 2. The summed E-state index contributed by atoms with van der Waals surface area (Å²) in [5.41, 5.74) is 2.47. The van der Waals surface area contributed by atoms with Crippen LogP contribution in [0.4, 0.5) is 0 Å². The predicted octanol–water partition coefficient (Wildman–Crippen LogP) is 2.39. The van der Waals surface area contributed by atoms with Crippen LogP contribution in [-0.2, 0) is 6.54 Å². The average molecular weight is 230 g/mol. The van der Waals surface area contributed by atoms with E-state index in [9.17, 15) is 4.79 Å². The minimum Gasteiger partial charge on any atom is -0.496 e. The van der Waals surface area contributed by atoms with Gasteiger partial charge in [-0.1, -0.05) is 0 Å². The van der Waals surface area contributed by atoms with Gasteiger partial charge in [0.05, 0.1) is 13.3 Å². The van der Waals surface area contributed by atoms with E-state index < -0.39 is 0 Å². The van der Waals surface area contributed by atoms with E-state index in [0.717, 1.165) is 29.7 Å². The molecule has 1 aromatic carbocycles. The van der Waals surface area contributed by atoms with Crippen molar-refractivity contribution in [2.24, 2.45) is 0 Å². The highest BCUT2D eigenvalue weighted by atomic mass is 16.5. The van der Waals surface area contributed by atoms with Crippen LogP contribution in [0.25, 0.3) is 11.1 Å². The smallest absolute Gasteiger partial charge is 0.150 e.